The van der Waals surface area contributed by atoms with Crippen molar-refractivity contribution in [1.82, 2.24) is 18.8 Å². The fourth-order valence-electron chi connectivity index (χ4n) is 2.65. The number of urea groups is 1. The molecule has 0 saturated carbocycles. The van der Waals surface area contributed by atoms with Crippen molar-refractivity contribution >= 4 is 22.1 Å². The Hall–Kier alpha value is -1.27. The Morgan fingerprint density at radius 3 is 2.09 bits per heavy atom. The molecule has 2 fully saturated rings. The first kappa shape index (κ1) is 18.1. The molecule has 132 valence electrons. The molecular weight excluding hydrogens is 326 g/mol. The van der Waals surface area contributed by atoms with Crippen LogP contribution in [0.4, 0.5) is 4.79 Å². The fourth-order valence-corrected chi connectivity index (χ4v) is 4.22. The highest BCUT2D eigenvalue weighted by Crippen LogP contribution is 2.15. The first-order valence-corrected chi connectivity index (χ1v) is 8.89. The number of rotatable bonds is 4. The highest BCUT2D eigenvalue weighted by Gasteiger charge is 2.35. The van der Waals surface area contributed by atoms with Gasteiger partial charge in [0, 0.05) is 39.3 Å². The third-order valence-corrected chi connectivity index (χ3v) is 6.10. The highest BCUT2D eigenvalue weighted by molar-refractivity contribution is 7.86. The average Bonchev–Trinajstić information content (AvgIpc) is 2.54. The normalized spacial score (nSPS) is 23.3. The Balaban J connectivity index is 1.90. The molecule has 3 N–H and O–H groups in total. The minimum absolute atomic E-state index is 0.299. The van der Waals surface area contributed by atoms with Gasteiger partial charge in [-0.1, -0.05) is 0 Å². The number of ether oxygens (including phenoxy) is 1. The zero-order valence-electron chi connectivity index (χ0n) is 13.1. The number of imide groups is 1. The Kier molecular flexibility index (Phi) is 5.92. The predicted molar refractivity (Wildman–Crippen MR) is 81.6 cm³/mol. The van der Waals surface area contributed by atoms with Crippen molar-refractivity contribution < 1.29 is 22.7 Å². The van der Waals surface area contributed by atoms with Crippen molar-refractivity contribution in [2.45, 2.75) is 13.0 Å². The number of carbonyl (C=O) groups is 2. The van der Waals surface area contributed by atoms with E-state index in [1.807, 2.05) is 10.2 Å². The first-order chi connectivity index (χ1) is 10.8. The summed E-state index contributed by atoms with van der Waals surface area (Å²) < 4.78 is 33.1. The third-order valence-electron chi connectivity index (χ3n) is 4.07. The van der Waals surface area contributed by atoms with Crippen molar-refractivity contribution in [3.63, 3.8) is 0 Å². The van der Waals surface area contributed by atoms with Crippen LogP contribution in [0.15, 0.2) is 0 Å². The van der Waals surface area contributed by atoms with Crippen molar-refractivity contribution in [3.05, 3.63) is 0 Å². The van der Waals surface area contributed by atoms with E-state index in [1.54, 1.807) is 6.92 Å². The molecule has 0 aliphatic carbocycles. The minimum atomic E-state index is -3.49. The summed E-state index contributed by atoms with van der Waals surface area (Å²) in [4.78, 5) is 24.3. The van der Waals surface area contributed by atoms with E-state index in [1.165, 1.54) is 8.61 Å². The van der Waals surface area contributed by atoms with E-state index in [0.717, 1.165) is 0 Å². The smallest absolute Gasteiger partial charge is 0.318 e. The summed E-state index contributed by atoms with van der Waals surface area (Å²) >= 11 is 0. The molecule has 2 saturated heterocycles. The summed E-state index contributed by atoms with van der Waals surface area (Å²) in [5.74, 6) is -0.484. The van der Waals surface area contributed by atoms with Crippen LogP contribution in [0.25, 0.3) is 0 Å². The largest absolute Gasteiger partial charge is 0.379 e. The molecule has 0 spiro atoms. The molecule has 1 atom stereocenters. The monoisotopic (exact) mass is 349 g/mol. The van der Waals surface area contributed by atoms with Gasteiger partial charge in [-0.2, -0.15) is 17.0 Å². The molecule has 0 bridgehead atoms. The van der Waals surface area contributed by atoms with Crippen LogP contribution in [-0.2, 0) is 19.7 Å². The summed E-state index contributed by atoms with van der Waals surface area (Å²) in [6.45, 7) is 4.62. The summed E-state index contributed by atoms with van der Waals surface area (Å²) in [5, 5.41) is 2.04. The Bertz CT molecular complexity index is 540. The number of nitrogens with zero attached hydrogens (tertiary/aromatic N) is 3. The van der Waals surface area contributed by atoms with Gasteiger partial charge in [-0.3, -0.25) is 15.0 Å². The summed E-state index contributed by atoms with van der Waals surface area (Å²) in [6, 6.07) is -1.44. The van der Waals surface area contributed by atoms with Gasteiger partial charge in [0.15, 0.2) is 0 Å². The number of carbonyl (C=O) groups excluding carboxylic acids is 2. The molecule has 1 unspecified atom stereocenters. The van der Waals surface area contributed by atoms with Crippen molar-refractivity contribution in [2.24, 2.45) is 5.73 Å². The SMILES string of the molecule is CC(C(=O)NC(N)=O)N1CCN(S(=O)(=O)N2CCOCC2)CC1. The van der Waals surface area contributed by atoms with Gasteiger partial charge in [-0.25, -0.2) is 4.79 Å². The van der Waals surface area contributed by atoms with Gasteiger partial charge in [0.1, 0.15) is 0 Å². The standard InChI is InChI=1S/C12H23N5O5S/c1-10(11(18)14-12(13)19)15-2-4-16(5-3-15)23(20,21)17-6-8-22-9-7-17/h10H,2-9H2,1H3,(H3,13,14,18,19). The molecule has 2 aliphatic heterocycles. The second-order valence-electron chi connectivity index (χ2n) is 5.48. The lowest BCUT2D eigenvalue weighted by molar-refractivity contribution is -0.125. The van der Waals surface area contributed by atoms with Gasteiger partial charge in [0.25, 0.3) is 10.2 Å². The quantitative estimate of drug-likeness (QED) is 0.591. The van der Waals surface area contributed by atoms with Crippen LogP contribution in [0, 0.1) is 0 Å². The molecule has 0 radical (unpaired) electrons. The molecular formula is C12H23N5O5S. The van der Waals surface area contributed by atoms with Crippen molar-refractivity contribution in [2.75, 3.05) is 52.5 Å². The van der Waals surface area contributed by atoms with Gasteiger partial charge in [-0.15, -0.1) is 0 Å². The Morgan fingerprint density at radius 2 is 1.57 bits per heavy atom. The van der Waals surface area contributed by atoms with Crippen LogP contribution in [0.3, 0.4) is 0 Å². The van der Waals surface area contributed by atoms with Gasteiger partial charge in [-0.05, 0) is 6.92 Å². The van der Waals surface area contributed by atoms with E-state index in [2.05, 4.69) is 0 Å². The number of nitrogens with one attached hydrogen (secondary N) is 1. The Morgan fingerprint density at radius 1 is 1.04 bits per heavy atom. The number of hydrogen-bond donors (Lipinski definition) is 2. The lowest BCUT2D eigenvalue weighted by atomic mass is 10.2. The number of amides is 3. The number of primary amides is 1. The first-order valence-electron chi connectivity index (χ1n) is 7.49. The predicted octanol–water partition coefficient (Wildman–Crippen LogP) is -2.24. The van der Waals surface area contributed by atoms with Crippen LogP contribution in [0.2, 0.25) is 0 Å². The van der Waals surface area contributed by atoms with Crippen LogP contribution < -0.4 is 11.1 Å². The molecule has 2 aliphatic rings. The number of hydrogen-bond acceptors (Lipinski definition) is 6. The maximum absolute atomic E-state index is 12.5. The zero-order valence-corrected chi connectivity index (χ0v) is 13.9. The van der Waals surface area contributed by atoms with E-state index < -0.39 is 28.2 Å². The van der Waals surface area contributed by atoms with E-state index in [0.29, 0.717) is 52.5 Å². The topological polar surface area (TPSA) is 125 Å². The summed E-state index contributed by atoms with van der Waals surface area (Å²) in [7, 11) is -3.49. The molecule has 3 amide bonds. The van der Waals surface area contributed by atoms with Gasteiger partial charge < -0.3 is 10.5 Å². The second-order valence-corrected chi connectivity index (χ2v) is 7.41. The lowest BCUT2D eigenvalue weighted by Gasteiger charge is -2.39. The van der Waals surface area contributed by atoms with Crippen LogP contribution in [0.1, 0.15) is 6.92 Å². The third kappa shape index (κ3) is 4.38. The molecule has 0 aromatic heterocycles. The van der Waals surface area contributed by atoms with Gasteiger partial charge in [0.2, 0.25) is 5.91 Å². The second kappa shape index (κ2) is 7.53. The van der Waals surface area contributed by atoms with Crippen LogP contribution in [-0.4, -0.2) is 92.4 Å². The zero-order chi connectivity index (χ0) is 17.0. The van der Waals surface area contributed by atoms with Crippen LogP contribution >= 0.6 is 0 Å². The maximum Gasteiger partial charge on any atom is 0.318 e. The minimum Gasteiger partial charge on any atom is -0.379 e. The van der Waals surface area contributed by atoms with Gasteiger partial charge in [0.05, 0.1) is 19.3 Å². The Labute approximate surface area is 135 Å². The molecule has 10 nitrogen and oxygen atoms in total. The average molecular weight is 349 g/mol. The number of nitrogens with two attached hydrogens (primary N) is 1. The molecule has 2 heterocycles. The van der Waals surface area contributed by atoms with E-state index in [4.69, 9.17) is 10.5 Å². The van der Waals surface area contributed by atoms with Crippen molar-refractivity contribution in [1.29, 1.82) is 0 Å². The summed E-state index contributed by atoms with van der Waals surface area (Å²) in [6.07, 6.45) is 0. The number of piperazine rings is 1. The summed E-state index contributed by atoms with van der Waals surface area (Å²) in [5.41, 5.74) is 4.93. The van der Waals surface area contributed by atoms with E-state index in [-0.39, 0.29) is 0 Å². The highest BCUT2D eigenvalue weighted by atomic mass is 32.2. The maximum atomic E-state index is 12.5. The molecule has 23 heavy (non-hydrogen) atoms. The van der Waals surface area contributed by atoms with E-state index in [9.17, 15) is 18.0 Å². The molecule has 11 heteroatoms. The van der Waals surface area contributed by atoms with Crippen LogP contribution in [0.5, 0.6) is 0 Å². The van der Waals surface area contributed by atoms with Crippen molar-refractivity contribution in [3.8, 4) is 0 Å². The fraction of sp³-hybridized carbons (Fsp3) is 0.833. The molecule has 2 rings (SSSR count). The molecule has 0 aromatic carbocycles. The number of morpholine rings is 1. The molecule has 0 aromatic rings. The lowest BCUT2D eigenvalue weighted by Crippen LogP contribution is -2.58. The van der Waals surface area contributed by atoms with E-state index >= 15 is 0 Å². The van der Waals surface area contributed by atoms with Gasteiger partial charge >= 0.3 is 6.03 Å².